The van der Waals surface area contributed by atoms with Crippen molar-refractivity contribution in [1.29, 1.82) is 0 Å². The molecule has 0 aliphatic heterocycles. The first-order valence-electron chi connectivity index (χ1n) is 10.5. The molecule has 0 saturated heterocycles. The molecule has 1 aromatic rings. The van der Waals surface area contributed by atoms with Crippen LogP contribution >= 0.6 is 11.8 Å². The highest BCUT2D eigenvalue weighted by Crippen LogP contribution is 2.06. The molecule has 1 aromatic heterocycles. The van der Waals surface area contributed by atoms with E-state index in [0.717, 1.165) is 0 Å². The Hall–Kier alpha value is -3.33. The quantitative estimate of drug-likeness (QED) is 0.0662. The van der Waals surface area contributed by atoms with Gasteiger partial charge in [0.15, 0.2) is 5.96 Å². The summed E-state index contributed by atoms with van der Waals surface area (Å²) in [6.45, 7) is -0.103. The van der Waals surface area contributed by atoms with Crippen LogP contribution in [0.5, 0.6) is 0 Å². The third-order valence-electron chi connectivity index (χ3n) is 4.62. The number of aliphatic imine (C=N–C) groups is 1. The summed E-state index contributed by atoms with van der Waals surface area (Å²) in [5.74, 6) is -2.61. The highest BCUT2D eigenvalue weighted by Gasteiger charge is 2.29. The number of carboxylic acid groups (broad SMARTS) is 1. The molecule has 0 saturated carbocycles. The summed E-state index contributed by atoms with van der Waals surface area (Å²) in [7, 11) is 0. The Balaban J connectivity index is 2.89. The van der Waals surface area contributed by atoms with Crippen molar-refractivity contribution in [3.63, 3.8) is 0 Å². The molecule has 3 unspecified atom stereocenters. The van der Waals surface area contributed by atoms with Gasteiger partial charge in [0.25, 0.3) is 0 Å². The number of H-pyrrole nitrogens is 1. The SMILES string of the molecule is CSCCC(NC(=O)C(Cc1cnc[nH]1)NC(=O)CN)C(=O)NC(CCCN=C(N)N)C(=O)O. The van der Waals surface area contributed by atoms with Gasteiger partial charge >= 0.3 is 5.97 Å². The first-order valence-corrected chi connectivity index (χ1v) is 11.9. The number of rotatable bonds is 16. The van der Waals surface area contributed by atoms with Gasteiger partial charge in [0.2, 0.25) is 17.7 Å². The summed E-state index contributed by atoms with van der Waals surface area (Å²) in [4.78, 5) is 59.8. The van der Waals surface area contributed by atoms with Crippen LogP contribution in [0, 0.1) is 0 Å². The molecule has 0 radical (unpaired) electrons. The summed E-state index contributed by atoms with van der Waals surface area (Å²) in [5, 5.41) is 17.1. The fourth-order valence-corrected chi connectivity index (χ4v) is 3.36. The van der Waals surface area contributed by atoms with Crippen molar-refractivity contribution in [3.05, 3.63) is 18.2 Å². The Bertz CT molecular complexity index is 830. The van der Waals surface area contributed by atoms with Crippen molar-refractivity contribution >= 4 is 41.4 Å². The lowest BCUT2D eigenvalue weighted by Gasteiger charge is -2.24. The molecule has 14 nitrogen and oxygen atoms in total. The van der Waals surface area contributed by atoms with Gasteiger partial charge < -0.3 is 43.2 Å². The van der Waals surface area contributed by atoms with Gasteiger partial charge in [0.1, 0.15) is 18.1 Å². The molecule has 0 aromatic carbocycles. The predicted molar refractivity (Wildman–Crippen MR) is 128 cm³/mol. The lowest BCUT2D eigenvalue weighted by atomic mass is 10.1. The van der Waals surface area contributed by atoms with E-state index in [1.54, 1.807) is 0 Å². The first-order chi connectivity index (χ1) is 16.2. The number of aromatic nitrogens is 2. The number of hydrogen-bond donors (Lipinski definition) is 8. The average molecular weight is 500 g/mol. The zero-order valence-electron chi connectivity index (χ0n) is 19.0. The molecule has 3 amide bonds. The maximum atomic E-state index is 13.0. The van der Waals surface area contributed by atoms with Gasteiger partial charge in [0.05, 0.1) is 12.9 Å². The van der Waals surface area contributed by atoms with Crippen LogP contribution in [0.2, 0.25) is 0 Å². The van der Waals surface area contributed by atoms with E-state index in [-0.39, 0.29) is 38.3 Å². The number of aromatic amines is 1. The second-order valence-corrected chi connectivity index (χ2v) is 8.28. The van der Waals surface area contributed by atoms with Gasteiger partial charge in [-0.25, -0.2) is 9.78 Å². The van der Waals surface area contributed by atoms with Crippen LogP contribution in [-0.2, 0) is 25.6 Å². The fourth-order valence-electron chi connectivity index (χ4n) is 2.89. The van der Waals surface area contributed by atoms with E-state index in [4.69, 9.17) is 17.2 Å². The van der Waals surface area contributed by atoms with Crippen molar-refractivity contribution in [3.8, 4) is 0 Å². The highest BCUT2D eigenvalue weighted by molar-refractivity contribution is 7.98. The highest BCUT2D eigenvalue weighted by atomic mass is 32.2. The van der Waals surface area contributed by atoms with E-state index in [2.05, 4.69) is 30.9 Å². The lowest BCUT2D eigenvalue weighted by molar-refractivity contribution is -0.142. The monoisotopic (exact) mass is 499 g/mol. The molecule has 0 fully saturated rings. The van der Waals surface area contributed by atoms with Gasteiger partial charge in [-0.1, -0.05) is 0 Å². The molecule has 3 atom stereocenters. The summed E-state index contributed by atoms with van der Waals surface area (Å²) in [6, 6.07) is -3.22. The molecule has 1 heterocycles. The van der Waals surface area contributed by atoms with Crippen molar-refractivity contribution in [2.75, 3.05) is 25.1 Å². The number of carboxylic acids is 1. The molecule has 11 N–H and O–H groups in total. The first kappa shape index (κ1) is 28.7. The minimum atomic E-state index is -1.22. The molecular formula is C19H33N9O5S. The largest absolute Gasteiger partial charge is 0.480 e. The van der Waals surface area contributed by atoms with Crippen molar-refractivity contribution < 1.29 is 24.3 Å². The lowest BCUT2D eigenvalue weighted by Crippen LogP contribution is -2.56. The second-order valence-electron chi connectivity index (χ2n) is 7.30. The number of thioether (sulfide) groups is 1. The molecule has 0 bridgehead atoms. The van der Waals surface area contributed by atoms with Crippen molar-refractivity contribution in [2.24, 2.45) is 22.2 Å². The van der Waals surface area contributed by atoms with Crippen LogP contribution in [0.3, 0.4) is 0 Å². The molecular weight excluding hydrogens is 466 g/mol. The van der Waals surface area contributed by atoms with E-state index < -0.39 is 41.8 Å². The number of nitrogens with two attached hydrogens (primary N) is 3. The van der Waals surface area contributed by atoms with Crippen molar-refractivity contribution in [1.82, 2.24) is 25.9 Å². The van der Waals surface area contributed by atoms with E-state index in [0.29, 0.717) is 17.9 Å². The van der Waals surface area contributed by atoms with E-state index in [1.165, 1.54) is 24.3 Å². The number of guanidine groups is 1. The number of amides is 3. The number of hydrogen-bond acceptors (Lipinski definition) is 8. The Kier molecular flexibility index (Phi) is 13.1. The van der Waals surface area contributed by atoms with E-state index in [1.807, 2.05) is 6.26 Å². The number of nitrogens with zero attached hydrogens (tertiary/aromatic N) is 2. The maximum absolute atomic E-state index is 13.0. The fraction of sp³-hybridized carbons (Fsp3) is 0.579. The normalized spacial score (nSPS) is 13.2. The van der Waals surface area contributed by atoms with Gasteiger partial charge in [-0.15, -0.1) is 0 Å². The summed E-state index contributed by atoms with van der Waals surface area (Å²) < 4.78 is 0. The Labute approximate surface area is 201 Å². The van der Waals surface area contributed by atoms with Gasteiger partial charge in [-0.05, 0) is 31.3 Å². The molecule has 0 spiro atoms. The Morgan fingerprint density at radius 1 is 1.12 bits per heavy atom. The third kappa shape index (κ3) is 11.0. The molecule has 190 valence electrons. The van der Waals surface area contributed by atoms with Gasteiger partial charge in [0, 0.05) is 24.9 Å². The minimum Gasteiger partial charge on any atom is -0.480 e. The molecule has 34 heavy (non-hydrogen) atoms. The number of carbonyl (C=O) groups is 4. The second kappa shape index (κ2) is 15.5. The zero-order valence-corrected chi connectivity index (χ0v) is 19.8. The van der Waals surface area contributed by atoms with Crippen LogP contribution in [0.15, 0.2) is 17.5 Å². The Morgan fingerprint density at radius 2 is 1.79 bits per heavy atom. The van der Waals surface area contributed by atoms with E-state index in [9.17, 15) is 24.3 Å². The van der Waals surface area contributed by atoms with Crippen LogP contribution in [0.4, 0.5) is 0 Å². The van der Waals surface area contributed by atoms with Gasteiger partial charge in [-0.3, -0.25) is 19.4 Å². The minimum absolute atomic E-state index is 0.0933. The standard InChI is InChI=1S/C19H33N9O5S/c1-34-6-4-12(16(30)28-13(18(32)33)3-2-5-24-19(21)22)27-17(31)14(26-15(29)8-20)7-11-9-23-10-25-11/h9-10,12-14H,2-8,20H2,1H3,(H,23,25)(H,26,29)(H,27,31)(H,28,30)(H,32,33)(H4,21,22,24). The molecule has 15 heteroatoms. The van der Waals surface area contributed by atoms with Crippen molar-refractivity contribution in [2.45, 2.75) is 43.8 Å². The average Bonchev–Trinajstić information content (AvgIpc) is 3.30. The number of nitrogens with one attached hydrogen (secondary N) is 4. The molecule has 1 rings (SSSR count). The number of imidazole rings is 1. The smallest absolute Gasteiger partial charge is 0.326 e. The third-order valence-corrected chi connectivity index (χ3v) is 5.26. The maximum Gasteiger partial charge on any atom is 0.326 e. The molecule has 0 aliphatic rings. The summed E-state index contributed by atoms with van der Waals surface area (Å²) >= 11 is 1.46. The number of aliphatic carboxylic acids is 1. The van der Waals surface area contributed by atoms with Crippen LogP contribution in [0.25, 0.3) is 0 Å². The van der Waals surface area contributed by atoms with Crippen LogP contribution in [0.1, 0.15) is 25.0 Å². The topological polar surface area (TPSA) is 244 Å². The number of carbonyl (C=O) groups excluding carboxylic acids is 3. The summed E-state index contributed by atoms with van der Waals surface area (Å²) in [5.41, 5.74) is 16.4. The predicted octanol–water partition coefficient (Wildman–Crippen LogP) is -2.74. The van der Waals surface area contributed by atoms with Crippen LogP contribution in [-0.4, -0.2) is 87.9 Å². The zero-order chi connectivity index (χ0) is 25.5. The summed E-state index contributed by atoms with van der Waals surface area (Å²) in [6.07, 6.45) is 5.54. The van der Waals surface area contributed by atoms with Gasteiger partial charge in [-0.2, -0.15) is 11.8 Å². The Morgan fingerprint density at radius 3 is 2.35 bits per heavy atom. The van der Waals surface area contributed by atoms with E-state index >= 15 is 0 Å². The molecule has 0 aliphatic carbocycles. The van der Waals surface area contributed by atoms with Crippen LogP contribution < -0.4 is 33.2 Å².